The van der Waals surface area contributed by atoms with Crippen molar-refractivity contribution in [3.05, 3.63) is 53.8 Å². The maximum atomic E-state index is 13.0. The van der Waals surface area contributed by atoms with Gasteiger partial charge in [0.25, 0.3) is 0 Å². The van der Waals surface area contributed by atoms with E-state index in [9.17, 15) is 9.18 Å². The van der Waals surface area contributed by atoms with Gasteiger partial charge >= 0.3 is 0 Å². The highest BCUT2D eigenvalue weighted by molar-refractivity contribution is 7.22. The van der Waals surface area contributed by atoms with Crippen LogP contribution in [0, 0.1) is 11.7 Å². The lowest BCUT2D eigenvalue weighted by Gasteiger charge is -2.01. The Balaban J connectivity index is 1.46. The van der Waals surface area contributed by atoms with Crippen LogP contribution in [0.15, 0.2) is 42.5 Å². The number of rotatable bonds is 4. The molecule has 3 aromatic rings. The average molecular weight is 342 g/mol. The van der Waals surface area contributed by atoms with Crippen molar-refractivity contribution in [1.82, 2.24) is 4.98 Å². The van der Waals surface area contributed by atoms with E-state index < -0.39 is 0 Å². The molecule has 122 valence electrons. The molecule has 1 N–H and O–H groups in total. The number of aromatic nitrogens is 1. The summed E-state index contributed by atoms with van der Waals surface area (Å²) in [5.41, 5.74) is 1.84. The normalized spacial score (nSPS) is 19.2. The molecule has 1 aliphatic rings. The molecular weight excluding hydrogens is 327 g/mol. The molecule has 4 rings (SSSR count). The van der Waals surface area contributed by atoms with Gasteiger partial charge in [0.2, 0.25) is 5.91 Å². The molecule has 1 amide bonds. The fraction of sp³-hybridized carbons (Fsp3) is 0.222. The zero-order valence-electron chi connectivity index (χ0n) is 13.0. The van der Waals surface area contributed by atoms with E-state index in [1.807, 2.05) is 18.2 Å². The number of methoxy groups -OCH3 is 1. The molecule has 0 aliphatic heterocycles. The summed E-state index contributed by atoms with van der Waals surface area (Å²) >= 11 is 1.43. The fourth-order valence-corrected chi connectivity index (χ4v) is 3.74. The van der Waals surface area contributed by atoms with Gasteiger partial charge in [-0.2, -0.15) is 0 Å². The van der Waals surface area contributed by atoms with E-state index in [-0.39, 0.29) is 23.6 Å². The van der Waals surface area contributed by atoms with Crippen LogP contribution < -0.4 is 10.1 Å². The molecule has 0 spiro atoms. The minimum absolute atomic E-state index is 0.0321. The molecule has 2 unspecified atom stereocenters. The van der Waals surface area contributed by atoms with Crippen molar-refractivity contribution >= 4 is 32.6 Å². The van der Waals surface area contributed by atoms with Gasteiger partial charge in [-0.15, -0.1) is 0 Å². The van der Waals surface area contributed by atoms with Gasteiger partial charge < -0.3 is 10.1 Å². The van der Waals surface area contributed by atoms with Crippen LogP contribution in [0.5, 0.6) is 5.75 Å². The first kappa shape index (κ1) is 15.1. The van der Waals surface area contributed by atoms with Crippen molar-refractivity contribution in [2.45, 2.75) is 12.3 Å². The number of amides is 1. The summed E-state index contributed by atoms with van der Waals surface area (Å²) in [6, 6.07) is 12.0. The number of thiazole rings is 1. The number of nitrogens with zero attached hydrogens (tertiary/aromatic N) is 1. The van der Waals surface area contributed by atoms with E-state index in [1.165, 1.54) is 23.5 Å². The predicted molar refractivity (Wildman–Crippen MR) is 92.0 cm³/mol. The predicted octanol–water partition coefficient (Wildman–Crippen LogP) is 4.19. The number of hydrogen-bond acceptors (Lipinski definition) is 4. The monoisotopic (exact) mass is 342 g/mol. The summed E-state index contributed by atoms with van der Waals surface area (Å²) in [7, 11) is 1.62. The molecule has 0 radical (unpaired) electrons. The Kier molecular flexibility index (Phi) is 3.69. The van der Waals surface area contributed by atoms with Crippen LogP contribution in [0.1, 0.15) is 17.9 Å². The Morgan fingerprint density at radius 3 is 2.83 bits per heavy atom. The summed E-state index contributed by atoms with van der Waals surface area (Å²) in [6.07, 6.45) is 0.788. The zero-order chi connectivity index (χ0) is 16.7. The molecule has 1 aromatic heterocycles. The number of nitrogens with one attached hydrogen (secondary N) is 1. The Morgan fingerprint density at radius 1 is 1.29 bits per heavy atom. The van der Waals surface area contributed by atoms with Gasteiger partial charge in [0, 0.05) is 5.92 Å². The van der Waals surface area contributed by atoms with Crippen molar-refractivity contribution in [2.24, 2.45) is 5.92 Å². The number of halogens is 1. The smallest absolute Gasteiger partial charge is 0.229 e. The standard InChI is InChI=1S/C18H15FN2O2S/c1-23-12-6-7-15-16(8-12)24-18(20-15)21-17(22)14-9-13(14)10-2-4-11(19)5-3-10/h2-8,13-14H,9H2,1H3,(H,20,21,22). The Hall–Kier alpha value is -2.47. The number of carbonyl (C=O) groups is 1. The van der Waals surface area contributed by atoms with E-state index >= 15 is 0 Å². The molecular formula is C18H15FN2O2S. The molecule has 1 fully saturated rings. The lowest BCUT2D eigenvalue weighted by Crippen LogP contribution is -2.14. The largest absolute Gasteiger partial charge is 0.497 e. The summed E-state index contributed by atoms with van der Waals surface area (Å²) in [5.74, 6) is 0.570. The third-order valence-corrected chi connectivity index (χ3v) is 5.18. The molecule has 0 saturated heterocycles. The van der Waals surface area contributed by atoms with Crippen LogP contribution in [0.3, 0.4) is 0 Å². The Labute approximate surface area is 142 Å². The number of anilines is 1. The van der Waals surface area contributed by atoms with Crippen LogP contribution in [-0.2, 0) is 4.79 Å². The molecule has 6 heteroatoms. The topological polar surface area (TPSA) is 51.2 Å². The van der Waals surface area contributed by atoms with Crippen LogP contribution >= 0.6 is 11.3 Å². The van der Waals surface area contributed by atoms with Crippen molar-refractivity contribution in [2.75, 3.05) is 12.4 Å². The first-order chi connectivity index (χ1) is 11.6. The molecule has 0 bridgehead atoms. The van der Waals surface area contributed by atoms with Crippen LogP contribution in [0.4, 0.5) is 9.52 Å². The summed E-state index contributed by atoms with van der Waals surface area (Å²) in [6.45, 7) is 0. The van der Waals surface area contributed by atoms with Crippen molar-refractivity contribution in [3.63, 3.8) is 0 Å². The first-order valence-electron chi connectivity index (χ1n) is 7.65. The van der Waals surface area contributed by atoms with E-state index in [1.54, 1.807) is 19.2 Å². The van der Waals surface area contributed by atoms with E-state index in [2.05, 4.69) is 10.3 Å². The van der Waals surface area contributed by atoms with Crippen molar-refractivity contribution in [3.8, 4) is 5.75 Å². The third-order valence-electron chi connectivity index (χ3n) is 4.25. The molecule has 24 heavy (non-hydrogen) atoms. The van der Waals surface area contributed by atoms with E-state index in [0.717, 1.165) is 28.0 Å². The second-order valence-electron chi connectivity index (χ2n) is 5.84. The number of hydrogen-bond donors (Lipinski definition) is 1. The summed E-state index contributed by atoms with van der Waals surface area (Å²) in [5, 5.41) is 3.49. The summed E-state index contributed by atoms with van der Waals surface area (Å²) in [4.78, 5) is 16.8. The van der Waals surface area contributed by atoms with Crippen molar-refractivity contribution in [1.29, 1.82) is 0 Å². The minimum Gasteiger partial charge on any atom is -0.497 e. The maximum absolute atomic E-state index is 13.0. The average Bonchev–Trinajstić information content (AvgIpc) is 3.28. The van der Waals surface area contributed by atoms with E-state index in [0.29, 0.717) is 5.13 Å². The van der Waals surface area contributed by atoms with Gasteiger partial charge in [-0.25, -0.2) is 9.37 Å². The van der Waals surface area contributed by atoms with Crippen LogP contribution in [0.2, 0.25) is 0 Å². The molecule has 2 atom stereocenters. The number of carbonyl (C=O) groups excluding carboxylic acids is 1. The quantitative estimate of drug-likeness (QED) is 0.773. The highest BCUT2D eigenvalue weighted by atomic mass is 32.1. The maximum Gasteiger partial charge on any atom is 0.229 e. The molecule has 1 saturated carbocycles. The SMILES string of the molecule is COc1ccc2nc(NC(=O)C3CC3c3ccc(F)cc3)sc2c1. The second-order valence-corrected chi connectivity index (χ2v) is 6.87. The van der Waals surface area contributed by atoms with Gasteiger partial charge in [0.05, 0.1) is 17.3 Å². The Morgan fingerprint density at radius 2 is 2.08 bits per heavy atom. The van der Waals surface area contributed by atoms with Gasteiger partial charge in [0.1, 0.15) is 11.6 Å². The van der Waals surface area contributed by atoms with Gasteiger partial charge in [0.15, 0.2) is 5.13 Å². The van der Waals surface area contributed by atoms with Crippen LogP contribution in [0.25, 0.3) is 10.2 Å². The summed E-state index contributed by atoms with van der Waals surface area (Å²) < 4.78 is 19.1. The first-order valence-corrected chi connectivity index (χ1v) is 8.46. The number of benzene rings is 2. The van der Waals surface area contributed by atoms with Gasteiger partial charge in [-0.05, 0) is 48.2 Å². The lowest BCUT2D eigenvalue weighted by molar-refractivity contribution is -0.117. The molecule has 4 nitrogen and oxygen atoms in total. The molecule has 2 aromatic carbocycles. The van der Waals surface area contributed by atoms with E-state index in [4.69, 9.17) is 4.74 Å². The minimum atomic E-state index is -0.259. The second kappa shape index (κ2) is 5.87. The highest BCUT2D eigenvalue weighted by Crippen LogP contribution is 2.48. The molecule has 1 heterocycles. The highest BCUT2D eigenvalue weighted by Gasteiger charge is 2.44. The lowest BCUT2D eigenvalue weighted by atomic mass is 10.1. The van der Waals surface area contributed by atoms with Gasteiger partial charge in [-0.1, -0.05) is 23.5 Å². The number of ether oxygens (including phenoxy) is 1. The number of fused-ring (bicyclic) bond motifs is 1. The fourth-order valence-electron chi connectivity index (χ4n) is 2.85. The Bertz CT molecular complexity index is 907. The van der Waals surface area contributed by atoms with Gasteiger partial charge in [-0.3, -0.25) is 4.79 Å². The van der Waals surface area contributed by atoms with Crippen molar-refractivity contribution < 1.29 is 13.9 Å². The third kappa shape index (κ3) is 2.85. The zero-order valence-corrected chi connectivity index (χ0v) is 13.8. The molecule has 1 aliphatic carbocycles. The van der Waals surface area contributed by atoms with Crippen LogP contribution in [-0.4, -0.2) is 18.0 Å².